The molecule has 0 aliphatic carbocycles. The highest BCUT2D eigenvalue weighted by Crippen LogP contribution is 2.24. The van der Waals surface area contributed by atoms with Crippen molar-refractivity contribution < 1.29 is 13.9 Å². The molecule has 2 aromatic rings. The van der Waals surface area contributed by atoms with Gasteiger partial charge in [0.05, 0.1) is 18.2 Å². The molecule has 0 saturated heterocycles. The lowest BCUT2D eigenvalue weighted by Crippen LogP contribution is -2.03. The molecule has 1 aromatic carbocycles. The fourth-order valence-electron chi connectivity index (χ4n) is 1.58. The molecule has 0 aliphatic heterocycles. The summed E-state index contributed by atoms with van der Waals surface area (Å²) in [6.07, 6.45) is 1.47. The van der Waals surface area contributed by atoms with Gasteiger partial charge in [0.1, 0.15) is 17.8 Å². The van der Waals surface area contributed by atoms with Crippen molar-refractivity contribution in [1.29, 1.82) is 0 Å². The van der Waals surface area contributed by atoms with Gasteiger partial charge < -0.3 is 9.15 Å². The molecular weight excluding hydrogens is 331 g/mol. The van der Waals surface area contributed by atoms with Gasteiger partial charge in [0.2, 0.25) is 0 Å². The monoisotopic (exact) mass is 342 g/mol. The summed E-state index contributed by atoms with van der Waals surface area (Å²) in [6, 6.07) is 7.23. The predicted octanol–water partition coefficient (Wildman–Crippen LogP) is 3.43. The third kappa shape index (κ3) is 2.52. The number of halogens is 1. The number of furan rings is 1. The molecule has 0 saturated carbocycles. The number of hydrogen-bond acceptors (Lipinski definition) is 3. The zero-order valence-corrected chi connectivity index (χ0v) is 11.6. The number of benzene rings is 1. The molecule has 0 spiro atoms. The molecule has 0 atom stereocenters. The van der Waals surface area contributed by atoms with Crippen LogP contribution in [0.25, 0.3) is 0 Å². The van der Waals surface area contributed by atoms with Gasteiger partial charge in [-0.15, -0.1) is 0 Å². The van der Waals surface area contributed by atoms with Crippen LogP contribution < -0.4 is 4.74 Å². The fraction of sp³-hybridized carbons (Fsp3) is 0.154. The van der Waals surface area contributed by atoms with Crippen molar-refractivity contribution in [1.82, 2.24) is 0 Å². The van der Waals surface area contributed by atoms with E-state index in [0.717, 1.165) is 9.33 Å². The first kappa shape index (κ1) is 12.2. The van der Waals surface area contributed by atoms with E-state index in [1.807, 2.05) is 19.1 Å². The highest BCUT2D eigenvalue weighted by atomic mass is 127. The second-order valence-corrected chi connectivity index (χ2v) is 4.87. The van der Waals surface area contributed by atoms with Gasteiger partial charge in [-0.3, -0.25) is 4.79 Å². The van der Waals surface area contributed by atoms with Gasteiger partial charge in [0.25, 0.3) is 0 Å². The Hall–Kier alpha value is -1.30. The average molecular weight is 342 g/mol. The molecule has 4 heteroatoms. The summed E-state index contributed by atoms with van der Waals surface area (Å²) in [5.41, 5.74) is 1.10. The molecule has 1 heterocycles. The Morgan fingerprint density at radius 3 is 2.71 bits per heavy atom. The Morgan fingerprint density at radius 2 is 2.12 bits per heavy atom. The Kier molecular flexibility index (Phi) is 3.51. The molecule has 0 N–H and O–H groups in total. The summed E-state index contributed by atoms with van der Waals surface area (Å²) in [6.45, 7) is 1.81. The van der Waals surface area contributed by atoms with Gasteiger partial charge >= 0.3 is 0 Å². The lowest BCUT2D eigenvalue weighted by molar-refractivity contribution is 0.103. The van der Waals surface area contributed by atoms with E-state index in [4.69, 9.17) is 9.15 Å². The summed E-state index contributed by atoms with van der Waals surface area (Å²) in [5, 5.41) is 0. The summed E-state index contributed by atoms with van der Waals surface area (Å²) in [4.78, 5) is 12.2. The number of methoxy groups -OCH3 is 1. The predicted molar refractivity (Wildman–Crippen MR) is 72.6 cm³/mol. The summed E-state index contributed by atoms with van der Waals surface area (Å²) in [7, 11) is 1.56. The number of rotatable bonds is 3. The minimum absolute atomic E-state index is 0.0859. The van der Waals surface area contributed by atoms with E-state index < -0.39 is 0 Å². The first-order valence-corrected chi connectivity index (χ1v) is 6.13. The van der Waals surface area contributed by atoms with E-state index in [1.165, 1.54) is 6.26 Å². The van der Waals surface area contributed by atoms with Gasteiger partial charge in [0, 0.05) is 3.57 Å². The first-order chi connectivity index (χ1) is 8.11. The van der Waals surface area contributed by atoms with Crippen LogP contribution in [-0.4, -0.2) is 12.9 Å². The Morgan fingerprint density at radius 1 is 1.35 bits per heavy atom. The van der Waals surface area contributed by atoms with Crippen molar-refractivity contribution in [3.63, 3.8) is 0 Å². The van der Waals surface area contributed by atoms with Crippen LogP contribution in [0.5, 0.6) is 5.75 Å². The minimum Gasteiger partial charge on any atom is -0.496 e. The standard InChI is InChI=1S/C13H11IO3/c1-8-5-9(7-17-8)13(15)11-6-10(14)3-4-12(11)16-2/h3-7H,1-2H3. The van der Waals surface area contributed by atoms with Crippen LogP contribution in [0.4, 0.5) is 0 Å². The summed E-state index contributed by atoms with van der Waals surface area (Å²) in [5.74, 6) is 1.21. The van der Waals surface area contributed by atoms with E-state index in [1.54, 1.807) is 19.2 Å². The number of ketones is 1. The van der Waals surface area contributed by atoms with Crippen molar-refractivity contribution in [3.05, 3.63) is 51.0 Å². The molecule has 1 aromatic heterocycles. The smallest absolute Gasteiger partial charge is 0.200 e. The van der Waals surface area contributed by atoms with Gasteiger partial charge in [0.15, 0.2) is 5.78 Å². The van der Waals surface area contributed by atoms with Crippen LogP contribution >= 0.6 is 22.6 Å². The van der Waals surface area contributed by atoms with Crippen molar-refractivity contribution >= 4 is 28.4 Å². The van der Waals surface area contributed by atoms with Crippen LogP contribution in [0.15, 0.2) is 34.9 Å². The van der Waals surface area contributed by atoms with E-state index >= 15 is 0 Å². The molecule has 0 aliphatic rings. The maximum absolute atomic E-state index is 12.2. The van der Waals surface area contributed by atoms with Crippen LogP contribution in [0.1, 0.15) is 21.7 Å². The molecule has 17 heavy (non-hydrogen) atoms. The maximum atomic E-state index is 12.2. The third-order valence-electron chi connectivity index (χ3n) is 2.40. The molecular formula is C13H11IO3. The van der Waals surface area contributed by atoms with Crippen molar-refractivity contribution in [2.45, 2.75) is 6.92 Å². The molecule has 0 radical (unpaired) electrons. The van der Waals surface area contributed by atoms with E-state index in [0.29, 0.717) is 16.9 Å². The number of carbonyl (C=O) groups excluding carboxylic acids is 1. The second kappa shape index (κ2) is 4.91. The molecule has 3 nitrogen and oxygen atoms in total. The maximum Gasteiger partial charge on any atom is 0.200 e. The van der Waals surface area contributed by atoms with Crippen molar-refractivity contribution in [2.75, 3.05) is 7.11 Å². The van der Waals surface area contributed by atoms with Crippen LogP contribution in [-0.2, 0) is 0 Å². The number of hydrogen-bond donors (Lipinski definition) is 0. The van der Waals surface area contributed by atoms with Crippen LogP contribution in [0.3, 0.4) is 0 Å². The lowest BCUT2D eigenvalue weighted by Gasteiger charge is -2.06. The van der Waals surface area contributed by atoms with Gasteiger partial charge in [-0.25, -0.2) is 0 Å². The minimum atomic E-state index is -0.0859. The van der Waals surface area contributed by atoms with Crippen LogP contribution in [0.2, 0.25) is 0 Å². The Balaban J connectivity index is 2.46. The van der Waals surface area contributed by atoms with E-state index in [2.05, 4.69) is 22.6 Å². The number of aryl methyl sites for hydroxylation is 1. The molecule has 88 valence electrons. The normalized spacial score (nSPS) is 10.3. The van der Waals surface area contributed by atoms with Gasteiger partial charge in [-0.1, -0.05) is 0 Å². The molecule has 2 rings (SSSR count). The zero-order valence-electron chi connectivity index (χ0n) is 9.49. The topological polar surface area (TPSA) is 39.4 Å². The number of ether oxygens (including phenoxy) is 1. The Labute approximate surface area is 113 Å². The third-order valence-corrected chi connectivity index (χ3v) is 3.07. The second-order valence-electron chi connectivity index (χ2n) is 3.62. The highest BCUT2D eigenvalue weighted by Gasteiger charge is 2.16. The quantitative estimate of drug-likeness (QED) is 0.634. The van der Waals surface area contributed by atoms with Crippen molar-refractivity contribution in [3.8, 4) is 5.75 Å². The first-order valence-electron chi connectivity index (χ1n) is 5.05. The van der Waals surface area contributed by atoms with Gasteiger partial charge in [-0.05, 0) is 53.8 Å². The van der Waals surface area contributed by atoms with E-state index in [-0.39, 0.29) is 5.78 Å². The SMILES string of the molecule is COc1ccc(I)cc1C(=O)c1coc(C)c1. The Bertz CT molecular complexity index is 558. The molecule has 0 bridgehead atoms. The van der Waals surface area contributed by atoms with E-state index in [9.17, 15) is 4.79 Å². The highest BCUT2D eigenvalue weighted by molar-refractivity contribution is 14.1. The summed E-state index contributed by atoms with van der Waals surface area (Å²) < 4.78 is 11.3. The lowest BCUT2D eigenvalue weighted by atomic mass is 10.0. The average Bonchev–Trinajstić information content (AvgIpc) is 2.75. The molecule has 0 fully saturated rings. The zero-order chi connectivity index (χ0) is 12.4. The summed E-state index contributed by atoms with van der Waals surface area (Å²) >= 11 is 2.17. The van der Waals surface area contributed by atoms with Crippen LogP contribution in [0, 0.1) is 10.5 Å². The molecule has 0 amide bonds. The van der Waals surface area contributed by atoms with Crippen molar-refractivity contribution in [2.24, 2.45) is 0 Å². The number of carbonyl (C=O) groups is 1. The fourth-order valence-corrected chi connectivity index (χ4v) is 2.07. The molecule has 0 unspecified atom stereocenters. The largest absolute Gasteiger partial charge is 0.496 e. The van der Waals surface area contributed by atoms with Gasteiger partial charge in [-0.2, -0.15) is 0 Å².